The number of hydrogen-bond acceptors (Lipinski definition) is 2. The minimum Gasteiger partial charge on any atom is -0.291 e. The maximum Gasteiger partial charge on any atom is 0.269 e. The van der Waals surface area contributed by atoms with E-state index >= 15 is 0 Å². The smallest absolute Gasteiger partial charge is 0.269 e. The van der Waals surface area contributed by atoms with Crippen LogP contribution in [-0.4, -0.2) is 4.68 Å². The number of nitrogens with zero attached hydrogens (tertiary/aromatic N) is 1. The fourth-order valence-corrected chi connectivity index (χ4v) is 1.96. The summed E-state index contributed by atoms with van der Waals surface area (Å²) in [6.07, 6.45) is 0. The van der Waals surface area contributed by atoms with Crippen molar-refractivity contribution in [3.63, 3.8) is 0 Å². The van der Waals surface area contributed by atoms with Gasteiger partial charge in [-0.3, -0.25) is 10.2 Å². The van der Waals surface area contributed by atoms with Gasteiger partial charge in [0.25, 0.3) is 5.56 Å². The molecule has 0 saturated carbocycles. The zero-order chi connectivity index (χ0) is 13.2. The van der Waals surface area contributed by atoms with Crippen LogP contribution in [0.3, 0.4) is 0 Å². The largest absolute Gasteiger partial charge is 0.291 e. The van der Waals surface area contributed by atoms with Crippen LogP contribution in [0.4, 0.5) is 10.1 Å². The van der Waals surface area contributed by atoms with Gasteiger partial charge in [-0.05, 0) is 36.4 Å². The first-order valence-corrected chi connectivity index (χ1v) is 5.87. The molecule has 0 radical (unpaired) electrons. The highest BCUT2D eigenvalue weighted by atomic mass is 19.1. The molecule has 0 fully saturated rings. The number of anilines is 1. The SMILES string of the molecule is O=c1ccc2ccccc2n1Nc1ccc(F)cc1. The Morgan fingerprint density at radius 3 is 2.42 bits per heavy atom. The lowest BCUT2D eigenvalue weighted by Gasteiger charge is -2.12. The number of para-hydroxylation sites is 1. The van der Waals surface area contributed by atoms with Crippen molar-refractivity contribution < 1.29 is 4.39 Å². The number of aromatic nitrogens is 1. The molecule has 0 aliphatic heterocycles. The maximum absolute atomic E-state index is 12.9. The van der Waals surface area contributed by atoms with Crippen molar-refractivity contribution in [3.05, 3.63) is 76.8 Å². The van der Waals surface area contributed by atoms with E-state index in [9.17, 15) is 9.18 Å². The summed E-state index contributed by atoms with van der Waals surface area (Å²) in [5.74, 6) is -0.309. The number of benzene rings is 2. The second-order valence-corrected chi connectivity index (χ2v) is 4.18. The number of fused-ring (bicyclic) bond motifs is 1. The Bertz CT molecular complexity index is 778. The molecule has 1 aromatic heterocycles. The third-order valence-electron chi connectivity index (χ3n) is 2.89. The van der Waals surface area contributed by atoms with Gasteiger partial charge < -0.3 is 0 Å². The van der Waals surface area contributed by atoms with Gasteiger partial charge in [0.2, 0.25) is 0 Å². The van der Waals surface area contributed by atoms with E-state index < -0.39 is 0 Å². The summed E-state index contributed by atoms with van der Waals surface area (Å²) in [5, 5.41) is 0.955. The van der Waals surface area contributed by atoms with Crippen LogP contribution in [0.2, 0.25) is 0 Å². The zero-order valence-electron chi connectivity index (χ0n) is 10.0. The van der Waals surface area contributed by atoms with Crippen LogP contribution in [0.15, 0.2) is 65.5 Å². The fraction of sp³-hybridized carbons (Fsp3) is 0. The summed E-state index contributed by atoms with van der Waals surface area (Å²) in [7, 11) is 0. The van der Waals surface area contributed by atoms with Gasteiger partial charge in [0.1, 0.15) is 5.82 Å². The van der Waals surface area contributed by atoms with Gasteiger partial charge in [-0.15, -0.1) is 0 Å². The molecule has 19 heavy (non-hydrogen) atoms. The highest BCUT2D eigenvalue weighted by molar-refractivity contribution is 5.79. The van der Waals surface area contributed by atoms with Gasteiger partial charge in [-0.2, -0.15) is 0 Å². The van der Waals surface area contributed by atoms with Crippen molar-refractivity contribution in [3.8, 4) is 0 Å². The van der Waals surface area contributed by atoms with Crippen LogP contribution in [0.1, 0.15) is 0 Å². The molecule has 3 rings (SSSR count). The molecule has 0 amide bonds. The van der Waals surface area contributed by atoms with Crippen molar-refractivity contribution in [1.29, 1.82) is 0 Å². The molecule has 0 unspecified atom stereocenters. The van der Waals surface area contributed by atoms with E-state index in [-0.39, 0.29) is 11.4 Å². The topological polar surface area (TPSA) is 34.0 Å². The lowest BCUT2D eigenvalue weighted by atomic mass is 10.2. The molecular weight excluding hydrogens is 243 g/mol. The number of rotatable bonds is 2. The zero-order valence-corrected chi connectivity index (χ0v) is 10.0. The van der Waals surface area contributed by atoms with E-state index in [1.54, 1.807) is 18.2 Å². The van der Waals surface area contributed by atoms with Gasteiger partial charge in [-0.1, -0.05) is 18.2 Å². The molecule has 94 valence electrons. The Morgan fingerprint density at radius 1 is 0.895 bits per heavy atom. The highest BCUT2D eigenvalue weighted by Gasteiger charge is 2.02. The van der Waals surface area contributed by atoms with Crippen LogP contribution in [0.5, 0.6) is 0 Å². The monoisotopic (exact) mass is 254 g/mol. The van der Waals surface area contributed by atoms with E-state index in [4.69, 9.17) is 0 Å². The Hall–Kier alpha value is -2.62. The van der Waals surface area contributed by atoms with Gasteiger partial charge in [0, 0.05) is 11.5 Å². The van der Waals surface area contributed by atoms with Crippen LogP contribution >= 0.6 is 0 Å². The van der Waals surface area contributed by atoms with E-state index in [1.165, 1.54) is 22.9 Å². The normalized spacial score (nSPS) is 10.6. The van der Waals surface area contributed by atoms with Crippen molar-refractivity contribution in [1.82, 2.24) is 4.68 Å². The summed E-state index contributed by atoms with van der Waals surface area (Å²) in [6, 6.07) is 16.7. The molecule has 4 heteroatoms. The first-order valence-electron chi connectivity index (χ1n) is 5.87. The molecule has 0 aliphatic carbocycles. The molecule has 0 spiro atoms. The third-order valence-corrected chi connectivity index (χ3v) is 2.89. The summed E-state index contributed by atoms with van der Waals surface area (Å²) in [4.78, 5) is 11.9. The Balaban J connectivity index is 2.12. The van der Waals surface area contributed by atoms with Crippen LogP contribution in [0.25, 0.3) is 10.9 Å². The molecule has 3 aromatic rings. The molecule has 0 aliphatic rings. The Labute approximate surface area is 108 Å². The minimum absolute atomic E-state index is 0.164. The molecule has 1 heterocycles. The van der Waals surface area contributed by atoms with Crippen molar-refractivity contribution in [2.45, 2.75) is 0 Å². The van der Waals surface area contributed by atoms with Gasteiger partial charge in [-0.25, -0.2) is 9.07 Å². The second kappa shape index (κ2) is 4.57. The number of nitrogens with one attached hydrogen (secondary N) is 1. The Kier molecular flexibility index (Phi) is 2.76. The van der Waals surface area contributed by atoms with Crippen molar-refractivity contribution in [2.75, 3.05) is 5.43 Å². The van der Waals surface area contributed by atoms with E-state index in [0.29, 0.717) is 5.69 Å². The number of halogens is 1. The molecular formula is C15H11FN2O. The predicted molar refractivity (Wildman–Crippen MR) is 73.6 cm³/mol. The van der Waals surface area contributed by atoms with Crippen LogP contribution in [-0.2, 0) is 0 Å². The molecule has 0 atom stereocenters. The summed E-state index contributed by atoms with van der Waals surface area (Å²) in [5.41, 5.74) is 4.25. The quantitative estimate of drug-likeness (QED) is 0.762. The van der Waals surface area contributed by atoms with Crippen LogP contribution in [0, 0.1) is 5.82 Å². The minimum atomic E-state index is -0.309. The molecule has 3 nitrogen and oxygen atoms in total. The average molecular weight is 254 g/mol. The fourth-order valence-electron chi connectivity index (χ4n) is 1.96. The van der Waals surface area contributed by atoms with E-state index in [1.807, 2.05) is 24.3 Å². The molecule has 0 bridgehead atoms. The lowest BCUT2D eigenvalue weighted by Crippen LogP contribution is -2.25. The van der Waals surface area contributed by atoms with Crippen LogP contribution < -0.4 is 11.0 Å². The summed E-state index contributed by atoms with van der Waals surface area (Å²) >= 11 is 0. The molecule has 1 N–H and O–H groups in total. The molecule has 0 saturated heterocycles. The Morgan fingerprint density at radius 2 is 1.63 bits per heavy atom. The van der Waals surface area contributed by atoms with Gasteiger partial charge in [0.05, 0.1) is 11.2 Å². The van der Waals surface area contributed by atoms with E-state index in [2.05, 4.69) is 5.43 Å². The van der Waals surface area contributed by atoms with Crippen molar-refractivity contribution in [2.24, 2.45) is 0 Å². The van der Waals surface area contributed by atoms with Gasteiger partial charge in [0.15, 0.2) is 0 Å². The van der Waals surface area contributed by atoms with Gasteiger partial charge >= 0.3 is 0 Å². The predicted octanol–water partition coefficient (Wildman–Crippen LogP) is 3.02. The number of pyridine rings is 1. The number of hydrogen-bond donors (Lipinski definition) is 1. The second-order valence-electron chi connectivity index (χ2n) is 4.18. The lowest BCUT2D eigenvalue weighted by molar-refractivity contribution is 0.628. The first kappa shape index (κ1) is 11.5. The average Bonchev–Trinajstić information content (AvgIpc) is 2.44. The first-order chi connectivity index (χ1) is 9.24. The summed E-state index contributed by atoms with van der Waals surface area (Å²) in [6.45, 7) is 0. The third kappa shape index (κ3) is 2.20. The highest BCUT2D eigenvalue weighted by Crippen LogP contribution is 2.13. The van der Waals surface area contributed by atoms with Crippen molar-refractivity contribution >= 4 is 16.6 Å². The maximum atomic E-state index is 12.9. The standard InChI is InChI=1S/C15H11FN2O/c16-12-6-8-13(9-7-12)17-18-14-4-2-1-3-11(14)5-10-15(18)19/h1-10,17H. The van der Waals surface area contributed by atoms with E-state index in [0.717, 1.165) is 10.9 Å². The summed E-state index contributed by atoms with van der Waals surface area (Å²) < 4.78 is 14.3. The molecule has 2 aromatic carbocycles.